The van der Waals surface area contributed by atoms with E-state index in [0.717, 1.165) is 25.0 Å². The zero-order chi connectivity index (χ0) is 16.2. The molecule has 7 heteroatoms. The standard InChI is InChI=1S/C16H15F3N2OS/c17-16(18,19)10-1-4-13-9(5-10)6-14(23-13)15(22)21-7-11-2-3-12(8-21)20-11/h1,4-6,11-12,20H,2-3,7-8H2. The van der Waals surface area contributed by atoms with Gasteiger partial charge in [0.05, 0.1) is 10.4 Å². The van der Waals surface area contributed by atoms with Crippen molar-refractivity contribution < 1.29 is 18.0 Å². The molecule has 1 amide bonds. The van der Waals surface area contributed by atoms with E-state index >= 15 is 0 Å². The van der Waals surface area contributed by atoms with Crippen LogP contribution in [0.4, 0.5) is 13.2 Å². The number of amides is 1. The molecule has 2 unspecified atom stereocenters. The molecule has 1 aromatic carbocycles. The second-order valence-electron chi connectivity index (χ2n) is 6.21. The van der Waals surface area contributed by atoms with Crippen molar-refractivity contribution in [2.75, 3.05) is 13.1 Å². The first-order valence-electron chi connectivity index (χ1n) is 7.56. The zero-order valence-electron chi connectivity index (χ0n) is 12.2. The maximum absolute atomic E-state index is 12.8. The van der Waals surface area contributed by atoms with Gasteiger partial charge in [0, 0.05) is 29.9 Å². The largest absolute Gasteiger partial charge is 0.416 e. The molecule has 4 rings (SSSR count). The Hall–Kier alpha value is -1.60. The summed E-state index contributed by atoms with van der Waals surface area (Å²) in [7, 11) is 0. The molecule has 1 N–H and O–H groups in total. The quantitative estimate of drug-likeness (QED) is 0.862. The number of benzene rings is 1. The Bertz CT molecular complexity index is 758. The SMILES string of the molecule is O=C(c1cc2cc(C(F)(F)F)ccc2s1)N1CC2CCC(C1)N2. The predicted molar refractivity (Wildman–Crippen MR) is 82.7 cm³/mol. The fraction of sp³-hybridized carbons (Fsp3) is 0.438. The van der Waals surface area contributed by atoms with Crippen molar-refractivity contribution >= 4 is 27.3 Å². The van der Waals surface area contributed by atoms with Crippen LogP contribution in [-0.4, -0.2) is 36.0 Å². The van der Waals surface area contributed by atoms with Gasteiger partial charge in [-0.05, 0) is 42.5 Å². The molecule has 2 aromatic rings. The fourth-order valence-corrected chi connectivity index (χ4v) is 4.45. The molecule has 2 aliphatic rings. The molecule has 2 atom stereocenters. The van der Waals surface area contributed by atoms with E-state index in [1.165, 1.54) is 17.4 Å². The van der Waals surface area contributed by atoms with Crippen molar-refractivity contribution in [3.8, 4) is 0 Å². The Balaban J connectivity index is 1.62. The number of rotatable bonds is 1. The molecule has 23 heavy (non-hydrogen) atoms. The minimum absolute atomic E-state index is 0.0711. The first-order valence-corrected chi connectivity index (χ1v) is 8.38. The fourth-order valence-electron chi connectivity index (χ4n) is 3.44. The van der Waals surface area contributed by atoms with Crippen LogP contribution in [-0.2, 0) is 6.18 Å². The molecular weight excluding hydrogens is 325 g/mol. The lowest BCUT2D eigenvalue weighted by molar-refractivity contribution is -0.137. The Morgan fingerprint density at radius 3 is 2.52 bits per heavy atom. The van der Waals surface area contributed by atoms with Crippen molar-refractivity contribution in [2.45, 2.75) is 31.1 Å². The van der Waals surface area contributed by atoms with E-state index < -0.39 is 11.7 Å². The monoisotopic (exact) mass is 340 g/mol. The van der Waals surface area contributed by atoms with Crippen LogP contribution in [0.15, 0.2) is 24.3 Å². The summed E-state index contributed by atoms with van der Waals surface area (Å²) in [6.07, 6.45) is -2.20. The van der Waals surface area contributed by atoms with E-state index in [9.17, 15) is 18.0 Å². The minimum Gasteiger partial charge on any atom is -0.335 e. The first-order chi connectivity index (χ1) is 10.9. The molecule has 3 heterocycles. The molecule has 0 radical (unpaired) electrons. The summed E-state index contributed by atoms with van der Waals surface area (Å²) in [5, 5.41) is 3.94. The van der Waals surface area contributed by atoms with Gasteiger partial charge in [-0.15, -0.1) is 11.3 Å². The van der Waals surface area contributed by atoms with Gasteiger partial charge < -0.3 is 10.2 Å². The zero-order valence-corrected chi connectivity index (χ0v) is 13.0. The highest BCUT2D eigenvalue weighted by Gasteiger charge is 2.35. The summed E-state index contributed by atoms with van der Waals surface area (Å²) >= 11 is 1.26. The average molecular weight is 340 g/mol. The smallest absolute Gasteiger partial charge is 0.335 e. The van der Waals surface area contributed by atoms with E-state index in [1.807, 2.05) is 4.90 Å². The molecule has 2 bridgehead atoms. The second-order valence-corrected chi connectivity index (χ2v) is 7.29. The normalized spacial score (nSPS) is 24.4. The lowest BCUT2D eigenvalue weighted by Crippen LogP contribution is -2.52. The van der Waals surface area contributed by atoms with E-state index in [4.69, 9.17) is 0 Å². The van der Waals surface area contributed by atoms with E-state index in [2.05, 4.69) is 5.32 Å². The van der Waals surface area contributed by atoms with E-state index in [1.54, 1.807) is 6.07 Å². The predicted octanol–water partition coefficient (Wildman–Crippen LogP) is 3.50. The van der Waals surface area contributed by atoms with Crippen LogP contribution in [0.2, 0.25) is 0 Å². The van der Waals surface area contributed by atoms with Crippen LogP contribution in [0.25, 0.3) is 10.1 Å². The highest BCUT2D eigenvalue weighted by Crippen LogP contribution is 2.34. The van der Waals surface area contributed by atoms with Crippen molar-refractivity contribution in [3.05, 3.63) is 34.7 Å². The molecule has 0 saturated carbocycles. The van der Waals surface area contributed by atoms with Crippen molar-refractivity contribution in [2.24, 2.45) is 0 Å². The van der Waals surface area contributed by atoms with Gasteiger partial charge in [-0.1, -0.05) is 0 Å². The third-order valence-electron chi connectivity index (χ3n) is 4.56. The van der Waals surface area contributed by atoms with Crippen LogP contribution >= 0.6 is 11.3 Å². The number of carbonyl (C=O) groups is 1. The Morgan fingerprint density at radius 2 is 1.87 bits per heavy atom. The van der Waals surface area contributed by atoms with Crippen LogP contribution < -0.4 is 5.32 Å². The number of thiophene rings is 1. The highest BCUT2D eigenvalue weighted by molar-refractivity contribution is 7.20. The molecule has 2 saturated heterocycles. The Morgan fingerprint density at radius 1 is 1.17 bits per heavy atom. The van der Waals surface area contributed by atoms with Gasteiger partial charge in [0.1, 0.15) is 0 Å². The number of halogens is 3. The number of piperazine rings is 1. The maximum Gasteiger partial charge on any atom is 0.416 e. The number of likely N-dealkylation sites (tertiary alicyclic amines) is 1. The lowest BCUT2D eigenvalue weighted by Gasteiger charge is -2.32. The van der Waals surface area contributed by atoms with Gasteiger partial charge in [-0.2, -0.15) is 13.2 Å². The van der Waals surface area contributed by atoms with Gasteiger partial charge in [-0.25, -0.2) is 0 Å². The summed E-state index contributed by atoms with van der Waals surface area (Å²) in [6.45, 7) is 1.36. The highest BCUT2D eigenvalue weighted by atomic mass is 32.1. The second kappa shape index (κ2) is 5.21. The molecular formula is C16H15F3N2OS. The lowest BCUT2D eigenvalue weighted by atomic mass is 10.1. The molecule has 2 fully saturated rings. The number of carbonyl (C=O) groups excluding carboxylic acids is 1. The van der Waals surface area contributed by atoms with Crippen LogP contribution in [0, 0.1) is 0 Å². The number of alkyl halides is 3. The number of fused-ring (bicyclic) bond motifs is 3. The molecule has 2 aliphatic heterocycles. The number of hydrogen-bond acceptors (Lipinski definition) is 3. The summed E-state index contributed by atoms with van der Waals surface area (Å²) in [6, 6.07) is 5.91. The molecule has 0 aliphatic carbocycles. The number of nitrogens with one attached hydrogen (secondary N) is 1. The summed E-state index contributed by atoms with van der Waals surface area (Å²) < 4.78 is 39.1. The van der Waals surface area contributed by atoms with E-state index in [0.29, 0.717) is 40.1 Å². The van der Waals surface area contributed by atoms with Gasteiger partial charge >= 0.3 is 6.18 Å². The summed E-state index contributed by atoms with van der Waals surface area (Å²) in [5.41, 5.74) is -0.679. The number of hydrogen-bond donors (Lipinski definition) is 1. The third-order valence-corrected chi connectivity index (χ3v) is 5.66. The van der Waals surface area contributed by atoms with Gasteiger partial charge in [0.2, 0.25) is 0 Å². The summed E-state index contributed by atoms with van der Waals surface area (Å²) in [5.74, 6) is -0.0711. The van der Waals surface area contributed by atoms with Gasteiger partial charge in [-0.3, -0.25) is 4.79 Å². The Labute approximate surface area is 135 Å². The molecule has 122 valence electrons. The maximum atomic E-state index is 12.8. The minimum atomic E-state index is -4.36. The number of nitrogens with zero attached hydrogens (tertiary/aromatic N) is 1. The van der Waals surface area contributed by atoms with Crippen molar-refractivity contribution in [1.29, 1.82) is 0 Å². The average Bonchev–Trinajstić information content (AvgIpc) is 3.07. The van der Waals surface area contributed by atoms with Crippen molar-refractivity contribution in [3.63, 3.8) is 0 Å². The van der Waals surface area contributed by atoms with Crippen LogP contribution in [0.3, 0.4) is 0 Å². The van der Waals surface area contributed by atoms with Gasteiger partial charge in [0.25, 0.3) is 5.91 Å². The van der Waals surface area contributed by atoms with E-state index in [-0.39, 0.29) is 5.91 Å². The summed E-state index contributed by atoms with van der Waals surface area (Å²) in [4.78, 5) is 15.0. The molecule has 1 aromatic heterocycles. The molecule has 0 spiro atoms. The van der Waals surface area contributed by atoms with Crippen LogP contribution in [0.5, 0.6) is 0 Å². The van der Waals surface area contributed by atoms with Crippen LogP contribution in [0.1, 0.15) is 28.1 Å². The topological polar surface area (TPSA) is 32.3 Å². The third kappa shape index (κ3) is 2.72. The Kier molecular flexibility index (Phi) is 3.39. The first kappa shape index (κ1) is 15.0. The van der Waals surface area contributed by atoms with Crippen molar-refractivity contribution in [1.82, 2.24) is 10.2 Å². The molecule has 3 nitrogen and oxygen atoms in total. The van der Waals surface area contributed by atoms with Gasteiger partial charge in [0.15, 0.2) is 0 Å².